The highest BCUT2D eigenvalue weighted by Crippen LogP contribution is 2.18. The first-order chi connectivity index (χ1) is 29.5. The van der Waals surface area contributed by atoms with Crippen LogP contribution in [0.15, 0.2) is 60.8 Å². The highest BCUT2D eigenvalue weighted by molar-refractivity contribution is 5.77. The average molecular weight is 840 g/mol. The van der Waals surface area contributed by atoms with Crippen molar-refractivity contribution in [2.75, 3.05) is 6.61 Å². The summed E-state index contributed by atoms with van der Waals surface area (Å²) in [6.45, 7) is 6.26. The third-order valence-electron chi connectivity index (χ3n) is 11.3. The minimum Gasteiger partial charge on any atom is -0.462 e. The zero-order chi connectivity index (χ0) is 43.8. The van der Waals surface area contributed by atoms with Gasteiger partial charge in [-0.2, -0.15) is 0 Å². The van der Waals surface area contributed by atoms with Gasteiger partial charge in [-0.05, 0) is 83.5 Å². The van der Waals surface area contributed by atoms with Crippen molar-refractivity contribution in [1.82, 2.24) is 5.32 Å². The molecule has 0 aliphatic rings. The van der Waals surface area contributed by atoms with Gasteiger partial charge >= 0.3 is 5.97 Å². The van der Waals surface area contributed by atoms with E-state index in [2.05, 4.69) is 86.8 Å². The fraction of sp³-hybridized carbons (Fsp3) is 0.778. The van der Waals surface area contributed by atoms with Crippen LogP contribution in [0.25, 0.3) is 0 Å². The number of hydrogen-bond acceptors (Lipinski definition) is 5. The van der Waals surface area contributed by atoms with Gasteiger partial charge in [0.2, 0.25) is 5.91 Å². The molecule has 0 fully saturated rings. The van der Waals surface area contributed by atoms with Gasteiger partial charge in [0.1, 0.15) is 6.10 Å². The number of nitrogens with one attached hydrogen (secondary N) is 1. The molecule has 0 saturated heterocycles. The van der Waals surface area contributed by atoms with E-state index in [1.165, 1.54) is 89.9 Å². The summed E-state index contributed by atoms with van der Waals surface area (Å²) in [5.41, 5.74) is 0. The number of carbonyl (C=O) groups is 2. The number of esters is 1. The average Bonchev–Trinajstić information content (AvgIpc) is 3.24. The van der Waals surface area contributed by atoms with Gasteiger partial charge in [-0.15, -0.1) is 0 Å². The number of hydrogen-bond donors (Lipinski definition) is 3. The van der Waals surface area contributed by atoms with E-state index in [1.807, 2.05) is 0 Å². The van der Waals surface area contributed by atoms with Crippen molar-refractivity contribution >= 4 is 11.9 Å². The molecule has 1 amide bonds. The van der Waals surface area contributed by atoms with E-state index in [0.717, 1.165) is 109 Å². The Morgan fingerprint density at radius 2 is 0.900 bits per heavy atom. The molecule has 3 unspecified atom stereocenters. The molecular weight excluding hydrogens is 743 g/mol. The molecule has 0 spiro atoms. The monoisotopic (exact) mass is 840 g/mol. The number of aliphatic hydroxyl groups excluding tert-OH is 2. The summed E-state index contributed by atoms with van der Waals surface area (Å²) in [6, 6.07) is -0.712. The zero-order valence-electron chi connectivity index (χ0n) is 39.6. The van der Waals surface area contributed by atoms with Crippen molar-refractivity contribution in [3.63, 3.8) is 0 Å². The summed E-state index contributed by atoms with van der Waals surface area (Å²) in [5.74, 6) is -0.513. The van der Waals surface area contributed by atoms with Crippen molar-refractivity contribution in [2.24, 2.45) is 0 Å². The lowest BCUT2D eigenvalue weighted by Gasteiger charge is -2.24. The van der Waals surface area contributed by atoms with Gasteiger partial charge in [-0.25, -0.2) is 0 Å². The summed E-state index contributed by atoms with van der Waals surface area (Å²) in [7, 11) is 0. The van der Waals surface area contributed by atoms with Crippen LogP contribution in [0.4, 0.5) is 0 Å². The quantitative estimate of drug-likeness (QED) is 0.0322. The molecule has 348 valence electrons. The molecule has 0 aromatic carbocycles. The molecule has 0 bridgehead atoms. The number of rotatable bonds is 45. The summed E-state index contributed by atoms with van der Waals surface area (Å²) in [4.78, 5) is 26.1. The van der Waals surface area contributed by atoms with Crippen LogP contribution in [0.2, 0.25) is 0 Å². The summed E-state index contributed by atoms with van der Waals surface area (Å²) in [6.07, 6.45) is 58.5. The maximum Gasteiger partial charge on any atom is 0.306 e. The lowest BCUT2D eigenvalue weighted by molar-refractivity contribution is -0.151. The van der Waals surface area contributed by atoms with Gasteiger partial charge in [-0.1, -0.05) is 210 Å². The van der Waals surface area contributed by atoms with Crippen LogP contribution >= 0.6 is 0 Å². The number of carbonyl (C=O) groups excluding carboxylic acids is 2. The highest BCUT2D eigenvalue weighted by atomic mass is 16.5. The maximum atomic E-state index is 13.2. The SMILES string of the molecule is CC/C=C/C/C=C/C/C=C/CCCCCCC(=O)OC(CCCCCCC/C=C/C/C=C/CC)CC(=O)NC(CO)C(O)CCCCCCCCCCCCCCCCC. The molecule has 60 heavy (non-hydrogen) atoms. The number of amides is 1. The molecule has 3 N–H and O–H groups in total. The first-order valence-corrected chi connectivity index (χ1v) is 25.5. The van der Waals surface area contributed by atoms with E-state index >= 15 is 0 Å². The first-order valence-electron chi connectivity index (χ1n) is 25.5. The van der Waals surface area contributed by atoms with Gasteiger partial charge < -0.3 is 20.3 Å². The zero-order valence-corrected chi connectivity index (χ0v) is 39.6. The van der Waals surface area contributed by atoms with Crippen molar-refractivity contribution < 1.29 is 24.5 Å². The molecule has 0 aromatic heterocycles. The first kappa shape index (κ1) is 57.6. The molecule has 0 heterocycles. The molecule has 6 heteroatoms. The van der Waals surface area contributed by atoms with Crippen LogP contribution in [-0.2, 0) is 14.3 Å². The lowest BCUT2D eigenvalue weighted by Crippen LogP contribution is -2.46. The number of aliphatic hydroxyl groups is 2. The fourth-order valence-corrected chi connectivity index (χ4v) is 7.54. The predicted octanol–water partition coefficient (Wildman–Crippen LogP) is 15.2. The Balaban J connectivity index is 4.58. The van der Waals surface area contributed by atoms with Crippen LogP contribution < -0.4 is 5.32 Å². The molecule has 6 nitrogen and oxygen atoms in total. The molecule has 0 aromatic rings. The lowest BCUT2D eigenvalue weighted by atomic mass is 10.0. The van der Waals surface area contributed by atoms with Crippen LogP contribution in [0.1, 0.15) is 245 Å². The van der Waals surface area contributed by atoms with Gasteiger partial charge in [0, 0.05) is 6.42 Å². The smallest absolute Gasteiger partial charge is 0.306 e. The Kier molecular flexibility index (Phi) is 45.7. The van der Waals surface area contributed by atoms with E-state index in [9.17, 15) is 19.8 Å². The van der Waals surface area contributed by atoms with Crippen molar-refractivity contribution in [3.05, 3.63) is 60.8 Å². The molecule has 0 aliphatic heterocycles. The third-order valence-corrected chi connectivity index (χ3v) is 11.3. The Morgan fingerprint density at radius 1 is 0.500 bits per heavy atom. The van der Waals surface area contributed by atoms with Crippen LogP contribution in [0.5, 0.6) is 0 Å². The number of allylic oxidation sites excluding steroid dienone is 10. The van der Waals surface area contributed by atoms with Crippen LogP contribution in [-0.4, -0.2) is 46.9 Å². The summed E-state index contributed by atoms with van der Waals surface area (Å²) >= 11 is 0. The molecule has 0 rings (SSSR count). The van der Waals surface area contributed by atoms with E-state index in [0.29, 0.717) is 19.3 Å². The van der Waals surface area contributed by atoms with E-state index in [4.69, 9.17) is 4.74 Å². The standard InChI is InChI=1S/C54H97NO5/c1-4-7-10-13-16-19-22-25-27-28-31-34-37-40-43-46-52(57)51(49-56)55-53(58)48-50(45-42-39-36-33-30-24-21-18-15-12-9-6-3)60-54(59)47-44-41-38-35-32-29-26-23-20-17-14-11-8-5-2/h8-9,11-12,17-18,20-21,26,29,50-52,56-57H,4-7,10,13-16,19,22-25,27-28,30-49H2,1-3H3,(H,55,58)/b11-8+,12-9+,20-17+,21-18+,29-26+. The molecule has 0 saturated carbocycles. The Bertz CT molecular complexity index is 1080. The highest BCUT2D eigenvalue weighted by Gasteiger charge is 2.24. The van der Waals surface area contributed by atoms with E-state index in [-0.39, 0.29) is 24.9 Å². The van der Waals surface area contributed by atoms with Gasteiger partial charge in [0.05, 0.1) is 25.2 Å². The normalized spacial score (nSPS) is 13.8. The molecule has 3 atom stereocenters. The fourth-order valence-electron chi connectivity index (χ4n) is 7.54. The molecular formula is C54H97NO5. The van der Waals surface area contributed by atoms with Crippen molar-refractivity contribution in [2.45, 2.75) is 264 Å². The van der Waals surface area contributed by atoms with Crippen molar-refractivity contribution in [3.8, 4) is 0 Å². The second-order valence-electron chi connectivity index (χ2n) is 17.2. The van der Waals surface area contributed by atoms with E-state index < -0.39 is 18.2 Å². The minimum atomic E-state index is -0.796. The van der Waals surface area contributed by atoms with Crippen LogP contribution in [0.3, 0.4) is 0 Å². The van der Waals surface area contributed by atoms with Crippen molar-refractivity contribution in [1.29, 1.82) is 0 Å². The van der Waals surface area contributed by atoms with E-state index in [1.54, 1.807) is 0 Å². The van der Waals surface area contributed by atoms with Gasteiger partial charge in [0.15, 0.2) is 0 Å². The summed E-state index contributed by atoms with van der Waals surface area (Å²) in [5, 5.41) is 23.8. The predicted molar refractivity (Wildman–Crippen MR) is 259 cm³/mol. The Morgan fingerprint density at radius 3 is 1.37 bits per heavy atom. The number of ether oxygens (including phenoxy) is 1. The largest absolute Gasteiger partial charge is 0.462 e. The number of unbranched alkanes of at least 4 members (excludes halogenated alkanes) is 23. The summed E-state index contributed by atoms with van der Waals surface area (Å²) < 4.78 is 5.91. The second-order valence-corrected chi connectivity index (χ2v) is 17.2. The molecule has 0 radical (unpaired) electrons. The molecule has 0 aliphatic carbocycles. The Hall–Kier alpha value is -2.44. The third kappa shape index (κ3) is 42.3. The van der Waals surface area contributed by atoms with Gasteiger partial charge in [-0.3, -0.25) is 9.59 Å². The van der Waals surface area contributed by atoms with Crippen LogP contribution in [0, 0.1) is 0 Å². The maximum absolute atomic E-state index is 13.2. The second kappa shape index (κ2) is 47.6. The van der Waals surface area contributed by atoms with Gasteiger partial charge in [0.25, 0.3) is 0 Å². The minimum absolute atomic E-state index is 0.0577. The topological polar surface area (TPSA) is 95.9 Å². The Labute approximate surface area is 371 Å².